The van der Waals surface area contributed by atoms with Gasteiger partial charge in [0.25, 0.3) is 0 Å². The smallest absolute Gasteiger partial charge is 0.120 e. The predicted octanol–water partition coefficient (Wildman–Crippen LogP) is 11.6. The molecule has 3 nitrogen and oxygen atoms in total. The van der Waals surface area contributed by atoms with E-state index in [0.29, 0.717) is 5.92 Å². The van der Waals surface area contributed by atoms with Gasteiger partial charge in [0.15, 0.2) is 0 Å². The number of pyridine rings is 2. The summed E-state index contributed by atoms with van der Waals surface area (Å²) in [6.07, 6.45) is 5.15. The predicted molar refractivity (Wildman–Crippen MR) is 209 cm³/mol. The van der Waals surface area contributed by atoms with Crippen LogP contribution in [0, 0.1) is 18.1 Å². The summed E-state index contributed by atoms with van der Waals surface area (Å²) in [5.41, 5.74) is 9.34. The van der Waals surface area contributed by atoms with Crippen LogP contribution in [0.2, 0.25) is 19.6 Å². The van der Waals surface area contributed by atoms with E-state index in [1.807, 2.05) is 54.7 Å². The molecule has 0 unspecified atom stereocenters. The number of hydrogen-bond acceptors (Lipinski definition) is 3. The van der Waals surface area contributed by atoms with Crippen LogP contribution in [0.3, 0.4) is 0 Å². The zero-order chi connectivity index (χ0) is 34.0. The van der Waals surface area contributed by atoms with E-state index in [1.165, 1.54) is 10.8 Å². The molecule has 0 aliphatic rings. The Hall–Kier alpha value is -4.67. The van der Waals surface area contributed by atoms with E-state index in [9.17, 15) is 0 Å². The maximum Gasteiger partial charge on any atom is 0.120 e. The van der Waals surface area contributed by atoms with Crippen molar-refractivity contribution in [1.82, 2.24) is 9.97 Å². The molecule has 0 spiro atoms. The van der Waals surface area contributed by atoms with Gasteiger partial charge in [-0.3, -0.25) is 0 Å². The molecule has 0 fully saturated rings. The molecule has 8 rings (SSSR count). The Kier molecular flexibility index (Phi) is 10.6. The van der Waals surface area contributed by atoms with Crippen LogP contribution in [0.1, 0.15) is 19.4 Å². The maximum atomic E-state index is 6.34. The van der Waals surface area contributed by atoms with Crippen molar-refractivity contribution in [3.8, 4) is 33.6 Å². The van der Waals surface area contributed by atoms with Crippen LogP contribution in [0.25, 0.3) is 66.4 Å². The summed E-state index contributed by atoms with van der Waals surface area (Å²) < 4.78 is 6.34. The van der Waals surface area contributed by atoms with Gasteiger partial charge in [0.1, 0.15) is 5.58 Å². The van der Waals surface area contributed by atoms with Crippen LogP contribution in [0.5, 0.6) is 0 Å². The first-order valence-corrected chi connectivity index (χ1v) is 20.5. The molecule has 5 aromatic carbocycles. The van der Waals surface area contributed by atoms with Crippen molar-refractivity contribution in [2.75, 3.05) is 0 Å². The molecule has 50 heavy (non-hydrogen) atoms. The summed E-state index contributed by atoms with van der Waals surface area (Å²) in [5.74, 6) is 0.667. The maximum absolute atomic E-state index is 6.34. The largest absolute Gasteiger partial charge is 0.501 e. The van der Waals surface area contributed by atoms with Crippen LogP contribution in [0.15, 0.2) is 138 Å². The summed E-state index contributed by atoms with van der Waals surface area (Å²) in [5, 5.41) is 5.99. The quantitative estimate of drug-likeness (QED) is 0.124. The van der Waals surface area contributed by atoms with E-state index in [4.69, 9.17) is 9.40 Å². The molecule has 0 N–H and O–H groups in total. The fraction of sp³-hybridized carbons (Fsp3) is 0.156. The number of hydrogen-bond donors (Lipinski definition) is 0. The Labute approximate surface area is 309 Å². The monoisotopic (exact) mass is 845 g/mol. The minimum atomic E-state index is -1.34. The van der Waals surface area contributed by atoms with E-state index in [-0.39, 0.29) is 20.1 Å². The third-order valence-corrected chi connectivity index (χ3v) is 10.9. The third kappa shape index (κ3) is 7.41. The number of rotatable bonds is 6. The van der Waals surface area contributed by atoms with Crippen molar-refractivity contribution in [3.63, 3.8) is 0 Å². The van der Waals surface area contributed by atoms with Gasteiger partial charge in [-0.15, -0.1) is 48.0 Å². The summed E-state index contributed by atoms with van der Waals surface area (Å²) in [7, 11) is -1.34. The van der Waals surface area contributed by atoms with Crippen molar-refractivity contribution >= 4 is 46.0 Å². The number of fused-ring (bicyclic) bond motifs is 4. The SMILES string of the molecule is CC(C)Cc1cc(-c2[c-]cccc2)ncc1[Si](C)(C)C.[Ir].[c-]1cc(-c2ccccc2)c2c(oc3ccccc32)c1-c1cc2ccccc2cn1. The van der Waals surface area contributed by atoms with Gasteiger partial charge in [-0.2, -0.15) is 0 Å². The molecule has 8 aromatic rings. The summed E-state index contributed by atoms with van der Waals surface area (Å²) in [6, 6.07) is 48.1. The summed E-state index contributed by atoms with van der Waals surface area (Å²) >= 11 is 0. The van der Waals surface area contributed by atoms with Crippen LogP contribution in [0.4, 0.5) is 0 Å². The summed E-state index contributed by atoms with van der Waals surface area (Å²) in [6.45, 7) is 11.7. The average Bonchev–Trinajstić information content (AvgIpc) is 3.51. The van der Waals surface area contributed by atoms with Gasteiger partial charge >= 0.3 is 0 Å². The zero-order valence-electron chi connectivity index (χ0n) is 29.1. The van der Waals surface area contributed by atoms with Crippen LogP contribution >= 0.6 is 0 Å². The molecule has 0 aliphatic carbocycles. The number of furan rings is 1. The second kappa shape index (κ2) is 15.1. The van der Waals surface area contributed by atoms with Gasteiger partial charge in [-0.25, -0.2) is 0 Å². The van der Waals surface area contributed by atoms with Gasteiger partial charge in [0.05, 0.1) is 13.7 Å². The second-order valence-electron chi connectivity index (χ2n) is 14.0. The molecule has 0 aliphatic heterocycles. The molecule has 0 saturated heterocycles. The molecule has 0 saturated carbocycles. The van der Waals surface area contributed by atoms with Crippen molar-refractivity contribution in [3.05, 3.63) is 151 Å². The second-order valence-corrected chi connectivity index (χ2v) is 19.1. The zero-order valence-corrected chi connectivity index (χ0v) is 32.5. The number of para-hydroxylation sites is 1. The van der Waals surface area contributed by atoms with Crippen molar-refractivity contribution in [1.29, 1.82) is 0 Å². The Bertz CT molecular complexity index is 2380. The van der Waals surface area contributed by atoms with E-state index in [0.717, 1.165) is 72.8 Å². The van der Waals surface area contributed by atoms with Gasteiger partial charge in [-0.05, 0) is 51.1 Å². The average molecular weight is 845 g/mol. The Morgan fingerprint density at radius 1 is 0.720 bits per heavy atom. The molecule has 251 valence electrons. The normalized spacial score (nSPS) is 11.4. The van der Waals surface area contributed by atoms with E-state index in [2.05, 4.69) is 130 Å². The molecule has 0 atom stereocenters. The van der Waals surface area contributed by atoms with Gasteiger partial charge in [0, 0.05) is 37.9 Å². The summed E-state index contributed by atoms with van der Waals surface area (Å²) in [4.78, 5) is 9.40. The molecular weight excluding hydrogens is 805 g/mol. The molecule has 3 heterocycles. The van der Waals surface area contributed by atoms with Crippen LogP contribution in [-0.2, 0) is 26.5 Å². The van der Waals surface area contributed by atoms with Crippen molar-refractivity contribution < 1.29 is 24.5 Å². The first kappa shape index (κ1) is 35.2. The topological polar surface area (TPSA) is 38.9 Å². The van der Waals surface area contributed by atoms with Crippen molar-refractivity contribution in [2.24, 2.45) is 5.92 Å². The molecule has 1 radical (unpaired) electrons. The van der Waals surface area contributed by atoms with E-state index >= 15 is 0 Å². The van der Waals surface area contributed by atoms with Gasteiger partial charge in [0.2, 0.25) is 0 Å². The van der Waals surface area contributed by atoms with Crippen LogP contribution in [-0.4, -0.2) is 18.0 Å². The third-order valence-electron chi connectivity index (χ3n) is 8.84. The molecule has 0 amide bonds. The van der Waals surface area contributed by atoms with Gasteiger partial charge in [-0.1, -0.05) is 141 Å². The first-order valence-electron chi connectivity index (χ1n) is 17.0. The van der Waals surface area contributed by atoms with E-state index in [1.54, 1.807) is 0 Å². The fourth-order valence-electron chi connectivity index (χ4n) is 6.51. The fourth-order valence-corrected chi connectivity index (χ4v) is 8.10. The first-order chi connectivity index (χ1) is 23.8. The minimum absolute atomic E-state index is 0. The Morgan fingerprint density at radius 2 is 1.42 bits per heavy atom. The molecular formula is C45H40IrN2OSi-2. The molecule has 3 aromatic heterocycles. The minimum Gasteiger partial charge on any atom is -0.501 e. The van der Waals surface area contributed by atoms with Gasteiger partial charge < -0.3 is 14.4 Å². The Balaban J connectivity index is 0.000000182. The molecule has 0 bridgehead atoms. The molecule has 5 heteroatoms. The van der Waals surface area contributed by atoms with Crippen LogP contribution < -0.4 is 5.19 Å². The Morgan fingerprint density at radius 3 is 2.16 bits per heavy atom. The number of benzene rings is 5. The van der Waals surface area contributed by atoms with Crippen molar-refractivity contribution in [2.45, 2.75) is 39.9 Å². The standard InChI is InChI=1S/C27H16NO.C18H24NSi.Ir/c1-2-8-18(9-3-1)21-14-15-22(24-16-19-10-4-5-11-20(19)17-28-24)27-26(21)23-12-6-7-13-25(23)29-27;1-14(2)11-16-12-17(15-9-7-6-8-10-15)19-13-18(16)20(3,4)5;/h1-14,16-17H;6-9,12-14H,11H2,1-5H3;/q2*-1;. The number of aromatic nitrogens is 2. The van der Waals surface area contributed by atoms with E-state index < -0.39 is 8.07 Å². The number of nitrogens with zero attached hydrogens (tertiary/aromatic N) is 2.